The SMILES string of the molecule is CCCn1ccnc1-c1cccc(N[C@H]2CCOC2)c1. The van der Waals surface area contributed by atoms with Crippen molar-refractivity contribution in [1.82, 2.24) is 9.55 Å². The normalized spacial score (nSPS) is 18.4. The van der Waals surface area contributed by atoms with Crippen molar-refractivity contribution in [2.24, 2.45) is 0 Å². The van der Waals surface area contributed by atoms with Crippen LogP contribution in [0.1, 0.15) is 19.8 Å². The fourth-order valence-electron chi connectivity index (χ4n) is 2.62. The van der Waals surface area contributed by atoms with Gasteiger partial charge in [0.2, 0.25) is 0 Å². The van der Waals surface area contributed by atoms with Crippen molar-refractivity contribution in [2.45, 2.75) is 32.4 Å². The summed E-state index contributed by atoms with van der Waals surface area (Å²) in [5.74, 6) is 1.04. The van der Waals surface area contributed by atoms with E-state index >= 15 is 0 Å². The number of imidazole rings is 1. The van der Waals surface area contributed by atoms with Gasteiger partial charge in [-0.2, -0.15) is 0 Å². The second kappa shape index (κ2) is 6.09. The molecule has 1 saturated heterocycles. The van der Waals surface area contributed by atoms with Crippen LogP contribution in [0.4, 0.5) is 5.69 Å². The van der Waals surface area contributed by atoms with Crippen LogP contribution >= 0.6 is 0 Å². The molecule has 0 bridgehead atoms. The van der Waals surface area contributed by atoms with Gasteiger partial charge in [-0.3, -0.25) is 0 Å². The van der Waals surface area contributed by atoms with Crippen LogP contribution in [0.5, 0.6) is 0 Å². The molecule has 1 N–H and O–H groups in total. The van der Waals surface area contributed by atoms with Gasteiger partial charge < -0.3 is 14.6 Å². The molecule has 106 valence electrons. The standard InChI is InChI=1S/C16H21N3O/c1-2-8-19-9-7-17-16(19)13-4-3-5-14(11-13)18-15-6-10-20-12-15/h3-5,7,9,11,15,18H,2,6,8,10,12H2,1H3/t15-/m0/s1. The highest BCUT2D eigenvalue weighted by molar-refractivity contribution is 5.63. The number of anilines is 1. The van der Waals surface area contributed by atoms with Gasteiger partial charge in [-0.05, 0) is 25.0 Å². The Hall–Kier alpha value is -1.81. The second-order valence-corrected chi connectivity index (χ2v) is 5.23. The summed E-state index contributed by atoms with van der Waals surface area (Å²) in [7, 11) is 0. The molecule has 1 aliphatic rings. The fraction of sp³-hybridized carbons (Fsp3) is 0.438. The summed E-state index contributed by atoms with van der Waals surface area (Å²) in [5, 5.41) is 3.53. The van der Waals surface area contributed by atoms with E-state index in [1.807, 2.05) is 12.4 Å². The van der Waals surface area contributed by atoms with Crippen LogP contribution in [0.3, 0.4) is 0 Å². The largest absolute Gasteiger partial charge is 0.380 e. The molecule has 1 atom stereocenters. The molecule has 0 unspecified atom stereocenters. The van der Waals surface area contributed by atoms with Crippen LogP contribution in [0, 0.1) is 0 Å². The molecule has 3 rings (SSSR count). The van der Waals surface area contributed by atoms with Crippen LogP contribution in [0.25, 0.3) is 11.4 Å². The quantitative estimate of drug-likeness (QED) is 0.908. The summed E-state index contributed by atoms with van der Waals surface area (Å²) < 4.78 is 7.61. The van der Waals surface area contributed by atoms with Crippen molar-refractivity contribution in [2.75, 3.05) is 18.5 Å². The first kappa shape index (κ1) is 13.2. The maximum atomic E-state index is 5.40. The molecule has 0 aliphatic carbocycles. The topological polar surface area (TPSA) is 39.1 Å². The minimum Gasteiger partial charge on any atom is -0.380 e. The van der Waals surface area contributed by atoms with E-state index in [9.17, 15) is 0 Å². The van der Waals surface area contributed by atoms with Gasteiger partial charge in [-0.1, -0.05) is 19.1 Å². The van der Waals surface area contributed by atoms with Crippen molar-refractivity contribution in [1.29, 1.82) is 0 Å². The molecule has 2 heterocycles. The Kier molecular flexibility index (Phi) is 4.02. The predicted molar refractivity (Wildman–Crippen MR) is 80.8 cm³/mol. The van der Waals surface area contributed by atoms with Crippen LogP contribution in [0.15, 0.2) is 36.7 Å². The number of nitrogens with zero attached hydrogens (tertiary/aromatic N) is 2. The lowest BCUT2D eigenvalue weighted by atomic mass is 10.1. The molecule has 2 aromatic rings. The third-order valence-electron chi connectivity index (χ3n) is 3.60. The van der Waals surface area contributed by atoms with Crippen molar-refractivity contribution in [3.05, 3.63) is 36.7 Å². The zero-order valence-corrected chi connectivity index (χ0v) is 11.9. The molecule has 0 radical (unpaired) electrons. The Morgan fingerprint density at radius 1 is 1.45 bits per heavy atom. The van der Waals surface area contributed by atoms with Crippen LogP contribution < -0.4 is 5.32 Å². The van der Waals surface area contributed by atoms with Crippen molar-refractivity contribution in [3.63, 3.8) is 0 Å². The molecule has 4 heteroatoms. The lowest BCUT2D eigenvalue weighted by Gasteiger charge is -2.13. The number of ether oxygens (including phenoxy) is 1. The lowest BCUT2D eigenvalue weighted by molar-refractivity contribution is 0.195. The third kappa shape index (κ3) is 2.85. The second-order valence-electron chi connectivity index (χ2n) is 5.23. The summed E-state index contributed by atoms with van der Waals surface area (Å²) in [5.41, 5.74) is 2.30. The first-order valence-corrected chi connectivity index (χ1v) is 7.32. The van der Waals surface area contributed by atoms with Crippen LogP contribution in [-0.2, 0) is 11.3 Å². The number of aromatic nitrogens is 2. The number of aryl methyl sites for hydroxylation is 1. The Labute approximate surface area is 119 Å². The van der Waals surface area contributed by atoms with Crippen molar-refractivity contribution in [3.8, 4) is 11.4 Å². The number of rotatable bonds is 5. The van der Waals surface area contributed by atoms with Gasteiger partial charge in [0.05, 0.1) is 12.6 Å². The first-order valence-electron chi connectivity index (χ1n) is 7.32. The monoisotopic (exact) mass is 271 g/mol. The Balaban J connectivity index is 1.81. The Bertz CT molecular complexity index is 558. The number of hydrogen-bond donors (Lipinski definition) is 1. The van der Waals surface area contributed by atoms with Gasteiger partial charge in [-0.15, -0.1) is 0 Å². The summed E-state index contributed by atoms with van der Waals surface area (Å²) in [6, 6.07) is 8.91. The van der Waals surface area contributed by atoms with E-state index in [0.29, 0.717) is 6.04 Å². The van der Waals surface area contributed by atoms with Crippen LogP contribution in [-0.4, -0.2) is 28.8 Å². The predicted octanol–water partition coefficient (Wildman–Crippen LogP) is 3.16. The van der Waals surface area contributed by atoms with Crippen LogP contribution in [0.2, 0.25) is 0 Å². The molecule has 20 heavy (non-hydrogen) atoms. The maximum absolute atomic E-state index is 5.40. The average Bonchev–Trinajstić information content (AvgIpc) is 3.11. The van der Waals surface area contributed by atoms with E-state index in [0.717, 1.165) is 49.7 Å². The van der Waals surface area contributed by atoms with Gasteiger partial charge in [0.15, 0.2) is 0 Å². The molecule has 1 aromatic carbocycles. The summed E-state index contributed by atoms with van der Waals surface area (Å²) in [6.07, 6.45) is 6.11. The molecule has 4 nitrogen and oxygen atoms in total. The minimum absolute atomic E-state index is 0.431. The zero-order valence-electron chi connectivity index (χ0n) is 11.9. The van der Waals surface area contributed by atoms with E-state index in [4.69, 9.17) is 4.74 Å². The molecular weight excluding hydrogens is 250 g/mol. The summed E-state index contributed by atoms with van der Waals surface area (Å²) in [6.45, 7) is 4.85. The number of benzene rings is 1. The molecular formula is C16H21N3O. The molecule has 0 amide bonds. The van der Waals surface area contributed by atoms with Gasteiger partial charge in [0.1, 0.15) is 5.82 Å². The van der Waals surface area contributed by atoms with Crippen molar-refractivity contribution >= 4 is 5.69 Å². The van der Waals surface area contributed by atoms with Gasteiger partial charge in [0, 0.05) is 36.8 Å². The average molecular weight is 271 g/mol. The smallest absolute Gasteiger partial charge is 0.139 e. The van der Waals surface area contributed by atoms with Gasteiger partial charge in [0.25, 0.3) is 0 Å². The Morgan fingerprint density at radius 2 is 2.40 bits per heavy atom. The summed E-state index contributed by atoms with van der Waals surface area (Å²) in [4.78, 5) is 4.49. The highest BCUT2D eigenvalue weighted by Crippen LogP contribution is 2.23. The maximum Gasteiger partial charge on any atom is 0.139 e. The van der Waals surface area contributed by atoms with Crippen molar-refractivity contribution < 1.29 is 4.74 Å². The lowest BCUT2D eigenvalue weighted by Crippen LogP contribution is -2.18. The van der Waals surface area contributed by atoms with Gasteiger partial charge in [-0.25, -0.2) is 4.98 Å². The highest BCUT2D eigenvalue weighted by Gasteiger charge is 2.15. The first-order chi connectivity index (χ1) is 9.86. The van der Waals surface area contributed by atoms with E-state index < -0.39 is 0 Å². The third-order valence-corrected chi connectivity index (χ3v) is 3.60. The van der Waals surface area contributed by atoms with E-state index in [2.05, 4.69) is 46.1 Å². The molecule has 1 aliphatic heterocycles. The molecule has 0 spiro atoms. The highest BCUT2D eigenvalue weighted by atomic mass is 16.5. The van der Waals surface area contributed by atoms with Gasteiger partial charge >= 0.3 is 0 Å². The Morgan fingerprint density at radius 3 is 3.20 bits per heavy atom. The molecule has 1 aromatic heterocycles. The van der Waals surface area contributed by atoms with E-state index in [1.54, 1.807) is 0 Å². The minimum atomic E-state index is 0.431. The molecule has 0 saturated carbocycles. The van der Waals surface area contributed by atoms with E-state index in [1.165, 1.54) is 0 Å². The number of nitrogens with one attached hydrogen (secondary N) is 1. The van der Waals surface area contributed by atoms with E-state index in [-0.39, 0.29) is 0 Å². The zero-order chi connectivity index (χ0) is 13.8. The fourth-order valence-corrected chi connectivity index (χ4v) is 2.62. The number of hydrogen-bond acceptors (Lipinski definition) is 3. The summed E-state index contributed by atoms with van der Waals surface area (Å²) >= 11 is 0. The molecule has 1 fully saturated rings.